The zero-order chi connectivity index (χ0) is 17.9. The smallest absolute Gasteiger partial charge is 0.277 e. The van der Waals surface area contributed by atoms with Gasteiger partial charge in [0.05, 0.1) is 19.4 Å². The summed E-state index contributed by atoms with van der Waals surface area (Å²) in [5, 5.41) is 10.1. The van der Waals surface area contributed by atoms with Crippen molar-refractivity contribution in [3.63, 3.8) is 0 Å². The minimum absolute atomic E-state index is 0.136. The average Bonchev–Trinajstić information content (AvgIpc) is 3.33. The van der Waals surface area contributed by atoms with E-state index in [1.165, 1.54) is 0 Å². The van der Waals surface area contributed by atoms with Crippen molar-refractivity contribution in [3.8, 4) is 5.75 Å². The van der Waals surface area contributed by atoms with Gasteiger partial charge in [-0.25, -0.2) is 9.97 Å². The van der Waals surface area contributed by atoms with Crippen molar-refractivity contribution in [3.05, 3.63) is 84.5 Å². The maximum absolute atomic E-state index is 13.2. The number of hydrogen-bond acceptors (Lipinski definition) is 5. The van der Waals surface area contributed by atoms with E-state index in [1.54, 1.807) is 70.7 Å². The molecule has 0 spiro atoms. The molecule has 0 saturated heterocycles. The minimum atomic E-state index is -0.290. The van der Waals surface area contributed by atoms with Crippen LogP contribution in [-0.4, -0.2) is 30.3 Å². The summed E-state index contributed by atoms with van der Waals surface area (Å²) in [5.74, 6) is 0.488. The molecule has 0 bridgehead atoms. The number of carbonyl (C=O) groups is 1. The van der Waals surface area contributed by atoms with E-state index < -0.39 is 0 Å². The number of carbonyl (C=O) groups excluding carboxylic acids is 1. The molecular weight excluding hydrogens is 332 g/mol. The van der Waals surface area contributed by atoms with Crippen molar-refractivity contribution >= 4 is 11.6 Å². The Hall–Kier alpha value is -3.61. The summed E-state index contributed by atoms with van der Waals surface area (Å²) in [6.07, 6.45) is 8.24. The molecule has 130 valence electrons. The molecule has 0 radical (unpaired) electrons. The summed E-state index contributed by atoms with van der Waals surface area (Å²) in [6, 6.07) is 10.5. The standard InChI is InChI=1S/C19H16N4O3/c24-16-6-2-1-4-14(16)12-23(13-15-5-3-11-26-15)19(25)17-18-21-8-10-22(18)9-7-20-17/h1-11,24H,12-13H2. The van der Waals surface area contributed by atoms with Crippen molar-refractivity contribution in [2.24, 2.45) is 0 Å². The lowest BCUT2D eigenvalue weighted by Crippen LogP contribution is -2.31. The summed E-state index contributed by atoms with van der Waals surface area (Å²) in [4.78, 5) is 23.2. The van der Waals surface area contributed by atoms with Crippen molar-refractivity contribution in [1.82, 2.24) is 19.3 Å². The normalized spacial score (nSPS) is 10.9. The molecule has 0 atom stereocenters. The van der Waals surface area contributed by atoms with Crippen LogP contribution in [0.15, 0.2) is 71.9 Å². The van der Waals surface area contributed by atoms with E-state index in [0.29, 0.717) is 17.0 Å². The van der Waals surface area contributed by atoms with Gasteiger partial charge in [0.2, 0.25) is 0 Å². The largest absolute Gasteiger partial charge is 0.508 e. The summed E-state index contributed by atoms with van der Waals surface area (Å²) in [6.45, 7) is 0.471. The molecule has 0 aliphatic carbocycles. The van der Waals surface area contributed by atoms with Crippen LogP contribution in [-0.2, 0) is 13.1 Å². The molecule has 0 unspecified atom stereocenters. The van der Waals surface area contributed by atoms with Crippen LogP contribution in [0.4, 0.5) is 0 Å². The fourth-order valence-corrected chi connectivity index (χ4v) is 2.80. The highest BCUT2D eigenvalue weighted by atomic mass is 16.3. The van der Waals surface area contributed by atoms with E-state index in [4.69, 9.17) is 4.42 Å². The molecule has 0 aliphatic rings. The van der Waals surface area contributed by atoms with E-state index >= 15 is 0 Å². The van der Waals surface area contributed by atoms with Crippen LogP contribution in [0, 0.1) is 0 Å². The van der Waals surface area contributed by atoms with Gasteiger partial charge >= 0.3 is 0 Å². The second-order valence-electron chi connectivity index (χ2n) is 5.80. The Morgan fingerprint density at radius 3 is 2.65 bits per heavy atom. The number of para-hydroxylation sites is 1. The van der Waals surface area contributed by atoms with Gasteiger partial charge in [0.25, 0.3) is 5.91 Å². The lowest BCUT2D eigenvalue weighted by Gasteiger charge is -2.22. The van der Waals surface area contributed by atoms with Crippen molar-refractivity contribution in [2.45, 2.75) is 13.1 Å². The SMILES string of the molecule is O=C(c1nccn2ccnc12)N(Cc1ccco1)Cc1ccccc1O. The van der Waals surface area contributed by atoms with Gasteiger partial charge in [-0.05, 0) is 18.2 Å². The van der Waals surface area contributed by atoms with Crippen molar-refractivity contribution in [1.29, 1.82) is 0 Å². The number of benzene rings is 1. The third-order valence-electron chi connectivity index (χ3n) is 4.08. The van der Waals surface area contributed by atoms with Gasteiger partial charge in [-0.1, -0.05) is 18.2 Å². The van der Waals surface area contributed by atoms with Gasteiger partial charge in [0, 0.05) is 30.4 Å². The maximum atomic E-state index is 13.2. The Bertz CT molecular complexity index is 1040. The topological polar surface area (TPSA) is 83.9 Å². The number of hydrogen-bond donors (Lipinski definition) is 1. The predicted octanol–water partition coefficient (Wildman–Crippen LogP) is 2.87. The number of aromatic nitrogens is 3. The molecular formula is C19H16N4O3. The molecule has 7 heteroatoms. The summed E-state index contributed by atoms with van der Waals surface area (Å²) in [7, 11) is 0. The first-order valence-electron chi connectivity index (χ1n) is 8.08. The molecule has 4 aromatic rings. The number of fused-ring (bicyclic) bond motifs is 1. The van der Waals surface area contributed by atoms with Crippen LogP contribution in [0.2, 0.25) is 0 Å². The van der Waals surface area contributed by atoms with E-state index in [2.05, 4.69) is 9.97 Å². The molecule has 0 saturated carbocycles. The van der Waals surface area contributed by atoms with Gasteiger partial charge in [-0.2, -0.15) is 0 Å². The summed E-state index contributed by atoms with van der Waals surface area (Å²) < 4.78 is 7.13. The molecule has 1 aromatic carbocycles. The first kappa shape index (κ1) is 15.9. The van der Waals surface area contributed by atoms with Crippen LogP contribution >= 0.6 is 0 Å². The molecule has 0 fully saturated rings. The number of amides is 1. The second-order valence-corrected chi connectivity index (χ2v) is 5.80. The number of phenols is 1. The lowest BCUT2D eigenvalue weighted by atomic mass is 10.1. The molecule has 7 nitrogen and oxygen atoms in total. The second kappa shape index (κ2) is 6.72. The highest BCUT2D eigenvalue weighted by molar-refractivity contribution is 5.97. The number of rotatable bonds is 5. The van der Waals surface area contributed by atoms with Crippen LogP contribution in [0.5, 0.6) is 5.75 Å². The fourth-order valence-electron chi connectivity index (χ4n) is 2.80. The van der Waals surface area contributed by atoms with Gasteiger partial charge < -0.3 is 18.8 Å². The average molecular weight is 348 g/mol. The summed E-state index contributed by atoms with van der Waals surface area (Å²) >= 11 is 0. The molecule has 0 aliphatic heterocycles. The Kier molecular flexibility index (Phi) is 4.10. The van der Waals surface area contributed by atoms with Crippen molar-refractivity contribution < 1.29 is 14.3 Å². The Labute approximate surface area is 149 Å². The molecule has 1 N–H and O–H groups in total. The number of phenolic OH excluding ortho intramolecular Hbond substituents is 1. The number of imidazole rings is 1. The number of furan rings is 1. The molecule has 3 heterocycles. The molecule has 4 rings (SSSR count). The van der Waals surface area contributed by atoms with E-state index in [0.717, 1.165) is 0 Å². The molecule has 3 aromatic heterocycles. The third-order valence-corrected chi connectivity index (χ3v) is 4.08. The first-order chi connectivity index (χ1) is 12.7. The van der Waals surface area contributed by atoms with Crippen molar-refractivity contribution in [2.75, 3.05) is 0 Å². The quantitative estimate of drug-likeness (QED) is 0.599. The van der Waals surface area contributed by atoms with E-state index in [1.807, 2.05) is 6.07 Å². The lowest BCUT2D eigenvalue weighted by molar-refractivity contribution is 0.0712. The van der Waals surface area contributed by atoms with Gasteiger partial charge in [0.1, 0.15) is 11.5 Å². The Morgan fingerprint density at radius 2 is 1.88 bits per heavy atom. The molecule has 1 amide bonds. The van der Waals surface area contributed by atoms with Crippen LogP contribution in [0.25, 0.3) is 5.65 Å². The third kappa shape index (κ3) is 3.02. The van der Waals surface area contributed by atoms with Crippen LogP contribution in [0.3, 0.4) is 0 Å². The zero-order valence-corrected chi connectivity index (χ0v) is 13.8. The fraction of sp³-hybridized carbons (Fsp3) is 0.105. The summed E-state index contributed by atoms with van der Waals surface area (Å²) in [5.41, 5.74) is 1.38. The van der Waals surface area contributed by atoms with E-state index in [9.17, 15) is 9.90 Å². The minimum Gasteiger partial charge on any atom is -0.508 e. The maximum Gasteiger partial charge on any atom is 0.277 e. The van der Waals surface area contributed by atoms with Gasteiger partial charge in [-0.15, -0.1) is 0 Å². The highest BCUT2D eigenvalue weighted by Gasteiger charge is 2.23. The number of aromatic hydroxyl groups is 1. The van der Waals surface area contributed by atoms with Gasteiger partial charge in [-0.3, -0.25) is 4.79 Å². The van der Waals surface area contributed by atoms with Crippen LogP contribution in [0.1, 0.15) is 21.8 Å². The highest BCUT2D eigenvalue weighted by Crippen LogP contribution is 2.21. The van der Waals surface area contributed by atoms with Crippen LogP contribution < -0.4 is 0 Å². The monoisotopic (exact) mass is 348 g/mol. The first-order valence-corrected chi connectivity index (χ1v) is 8.08. The Balaban J connectivity index is 1.71. The predicted molar refractivity (Wildman–Crippen MR) is 93.4 cm³/mol. The Morgan fingerprint density at radius 1 is 1.08 bits per heavy atom. The van der Waals surface area contributed by atoms with E-state index in [-0.39, 0.29) is 30.4 Å². The zero-order valence-electron chi connectivity index (χ0n) is 13.8. The molecule has 26 heavy (non-hydrogen) atoms. The van der Waals surface area contributed by atoms with Gasteiger partial charge in [0.15, 0.2) is 11.3 Å². The number of nitrogens with zero attached hydrogens (tertiary/aromatic N) is 4.